The Hall–Kier alpha value is -1.52. The number of carbonyl (C=O) groups is 1. The zero-order valence-corrected chi connectivity index (χ0v) is 12.9. The van der Waals surface area contributed by atoms with Gasteiger partial charge in [-0.15, -0.1) is 4.83 Å². The Kier molecular flexibility index (Phi) is 5.86. The number of hydrazine groups is 1. The van der Waals surface area contributed by atoms with Gasteiger partial charge in [0.05, 0.1) is 13.2 Å². The third kappa shape index (κ3) is 5.35. The molecule has 8 nitrogen and oxygen atoms in total. The zero-order valence-electron chi connectivity index (χ0n) is 12.1. The summed E-state index contributed by atoms with van der Waals surface area (Å²) in [5.41, 5.74) is 6.12. The minimum atomic E-state index is -3.88. The van der Waals surface area contributed by atoms with Crippen LogP contribution in [-0.2, 0) is 26.2 Å². The highest BCUT2D eigenvalue weighted by atomic mass is 32.2. The predicted molar refractivity (Wildman–Crippen MR) is 80.7 cm³/mol. The highest BCUT2D eigenvalue weighted by Gasteiger charge is 2.25. The van der Waals surface area contributed by atoms with Gasteiger partial charge < -0.3 is 10.5 Å². The summed E-state index contributed by atoms with van der Waals surface area (Å²) < 4.78 is 31.6. The van der Waals surface area contributed by atoms with E-state index in [0.717, 1.165) is 5.56 Å². The second-order valence-electron chi connectivity index (χ2n) is 4.96. The van der Waals surface area contributed by atoms with E-state index >= 15 is 0 Å². The molecule has 0 unspecified atom stereocenters. The zero-order chi connectivity index (χ0) is 16.0. The molecule has 0 radical (unpaired) electrons. The van der Waals surface area contributed by atoms with E-state index in [1.54, 1.807) is 12.1 Å². The molecule has 1 aliphatic rings. The molecule has 1 amide bonds. The molecule has 0 aromatic heterocycles. The van der Waals surface area contributed by atoms with Gasteiger partial charge in [-0.3, -0.25) is 4.79 Å². The van der Waals surface area contributed by atoms with Gasteiger partial charge in [-0.1, -0.05) is 30.3 Å². The second-order valence-corrected chi connectivity index (χ2v) is 6.38. The van der Waals surface area contributed by atoms with E-state index in [9.17, 15) is 13.2 Å². The van der Waals surface area contributed by atoms with Crippen molar-refractivity contribution in [2.45, 2.75) is 12.5 Å². The van der Waals surface area contributed by atoms with Crippen molar-refractivity contribution in [1.82, 2.24) is 14.6 Å². The summed E-state index contributed by atoms with van der Waals surface area (Å²) in [6, 6.07) is 8.06. The number of nitrogens with zero attached hydrogens (tertiary/aromatic N) is 1. The first-order valence-electron chi connectivity index (χ1n) is 6.92. The Morgan fingerprint density at radius 2 is 1.91 bits per heavy atom. The molecular formula is C13H20N4O4S. The molecule has 1 saturated heterocycles. The van der Waals surface area contributed by atoms with Gasteiger partial charge in [0, 0.05) is 13.1 Å². The highest BCUT2D eigenvalue weighted by molar-refractivity contribution is 7.87. The van der Waals surface area contributed by atoms with Crippen LogP contribution in [0.15, 0.2) is 30.3 Å². The molecule has 1 fully saturated rings. The lowest BCUT2D eigenvalue weighted by Gasteiger charge is -2.27. The van der Waals surface area contributed by atoms with Crippen molar-refractivity contribution in [3.05, 3.63) is 35.9 Å². The van der Waals surface area contributed by atoms with Crippen LogP contribution in [0.1, 0.15) is 5.56 Å². The fraction of sp³-hybridized carbons (Fsp3) is 0.462. The Morgan fingerprint density at radius 1 is 1.27 bits per heavy atom. The van der Waals surface area contributed by atoms with Gasteiger partial charge in [0.1, 0.15) is 6.04 Å². The summed E-state index contributed by atoms with van der Waals surface area (Å²) in [5, 5.41) is 1.52. The maximum Gasteiger partial charge on any atom is 0.290 e. The molecule has 2 rings (SSSR count). The lowest BCUT2D eigenvalue weighted by Crippen LogP contribution is -2.56. The maximum absolute atomic E-state index is 12.1. The number of ether oxygens (including phenoxy) is 1. The average Bonchev–Trinajstić information content (AvgIpc) is 2.48. The SMILES string of the molecule is NC(=O)[C@H](Cc1ccccc1)NS(=O)(=O)NN1CCOCC1. The standard InChI is InChI=1S/C13H20N4O4S/c14-13(18)12(10-11-4-2-1-3-5-11)15-22(19,20)16-17-6-8-21-9-7-17/h1-5,12,15-16H,6-10H2,(H2,14,18)/t12-/m0/s1. The van der Waals surface area contributed by atoms with Crippen molar-refractivity contribution in [3.8, 4) is 0 Å². The number of nitrogens with two attached hydrogens (primary N) is 1. The number of morpholine rings is 1. The lowest BCUT2D eigenvalue weighted by molar-refractivity contribution is -0.119. The van der Waals surface area contributed by atoms with E-state index in [-0.39, 0.29) is 6.42 Å². The number of hydrogen-bond donors (Lipinski definition) is 3. The van der Waals surface area contributed by atoms with E-state index in [2.05, 4.69) is 9.55 Å². The number of amides is 1. The van der Waals surface area contributed by atoms with Crippen molar-refractivity contribution < 1.29 is 17.9 Å². The molecule has 0 aliphatic carbocycles. The highest BCUT2D eigenvalue weighted by Crippen LogP contribution is 2.04. The molecule has 1 aliphatic heterocycles. The van der Waals surface area contributed by atoms with Crippen molar-refractivity contribution in [3.63, 3.8) is 0 Å². The second kappa shape index (κ2) is 7.65. The fourth-order valence-corrected chi connectivity index (χ4v) is 3.24. The molecule has 1 atom stereocenters. The molecule has 1 heterocycles. The molecule has 4 N–H and O–H groups in total. The summed E-state index contributed by atoms with van der Waals surface area (Å²) in [4.78, 5) is 13.9. The van der Waals surface area contributed by atoms with E-state index in [1.807, 2.05) is 18.2 Å². The average molecular weight is 328 g/mol. The van der Waals surface area contributed by atoms with Crippen LogP contribution in [0.4, 0.5) is 0 Å². The van der Waals surface area contributed by atoms with Crippen molar-refractivity contribution in [1.29, 1.82) is 0 Å². The fourth-order valence-electron chi connectivity index (χ4n) is 2.09. The number of primary amides is 1. The molecule has 0 spiro atoms. The van der Waals surface area contributed by atoms with Crippen LogP contribution in [0.2, 0.25) is 0 Å². The van der Waals surface area contributed by atoms with Crippen LogP contribution in [0.25, 0.3) is 0 Å². The number of hydrogen-bond acceptors (Lipinski definition) is 5. The van der Waals surface area contributed by atoms with Gasteiger partial charge in [0.25, 0.3) is 10.2 Å². The molecule has 22 heavy (non-hydrogen) atoms. The Labute approximate surface area is 129 Å². The minimum Gasteiger partial charge on any atom is -0.379 e. The first kappa shape index (κ1) is 16.8. The Bertz CT molecular complexity index is 587. The largest absolute Gasteiger partial charge is 0.379 e. The number of benzene rings is 1. The summed E-state index contributed by atoms with van der Waals surface area (Å²) in [6.07, 6.45) is 0.195. The first-order valence-corrected chi connectivity index (χ1v) is 8.40. The van der Waals surface area contributed by atoms with E-state index < -0.39 is 22.2 Å². The first-order chi connectivity index (χ1) is 10.5. The molecular weight excluding hydrogens is 308 g/mol. The van der Waals surface area contributed by atoms with Gasteiger partial charge in [-0.05, 0) is 12.0 Å². The summed E-state index contributed by atoms with van der Waals surface area (Å²) >= 11 is 0. The van der Waals surface area contributed by atoms with Gasteiger partial charge in [0.15, 0.2) is 0 Å². The minimum absolute atomic E-state index is 0.195. The number of nitrogens with one attached hydrogen (secondary N) is 2. The quantitative estimate of drug-likeness (QED) is 0.579. The molecule has 1 aromatic rings. The number of rotatable bonds is 7. The summed E-state index contributed by atoms with van der Waals surface area (Å²) in [6.45, 7) is 1.79. The normalized spacial score (nSPS) is 18.0. The predicted octanol–water partition coefficient (Wildman–Crippen LogP) is -1.25. The van der Waals surface area contributed by atoms with E-state index in [0.29, 0.717) is 26.3 Å². The monoisotopic (exact) mass is 328 g/mol. The maximum atomic E-state index is 12.1. The molecule has 0 saturated carbocycles. The van der Waals surface area contributed by atoms with Gasteiger partial charge in [-0.2, -0.15) is 13.1 Å². The van der Waals surface area contributed by atoms with Crippen LogP contribution >= 0.6 is 0 Å². The number of carbonyl (C=O) groups excluding carboxylic acids is 1. The molecule has 1 aromatic carbocycles. The van der Waals surface area contributed by atoms with Crippen molar-refractivity contribution >= 4 is 16.1 Å². The lowest BCUT2D eigenvalue weighted by atomic mass is 10.1. The van der Waals surface area contributed by atoms with Gasteiger partial charge in [0.2, 0.25) is 5.91 Å². The smallest absolute Gasteiger partial charge is 0.290 e. The topological polar surface area (TPSA) is 114 Å². The van der Waals surface area contributed by atoms with Crippen molar-refractivity contribution in [2.24, 2.45) is 5.73 Å². The Balaban J connectivity index is 1.98. The third-order valence-corrected chi connectivity index (χ3v) is 4.28. The van der Waals surface area contributed by atoms with E-state index in [1.165, 1.54) is 5.01 Å². The van der Waals surface area contributed by atoms with Crippen LogP contribution in [-0.4, -0.2) is 51.7 Å². The summed E-state index contributed by atoms with van der Waals surface area (Å²) in [5.74, 6) is -0.726. The van der Waals surface area contributed by atoms with Crippen LogP contribution < -0.4 is 15.3 Å². The van der Waals surface area contributed by atoms with Crippen LogP contribution in [0.5, 0.6) is 0 Å². The third-order valence-electron chi connectivity index (χ3n) is 3.18. The van der Waals surface area contributed by atoms with E-state index in [4.69, 9.17) is 10.5 Å². The summed E-state index contributed by atoms with van der Waals surface area (Å²) in [7, 11) is -3.88. The molecule has 9 heteroatoms. The molecule has 122 valence electrons. The van der Waals surface area contributed by atoms with Crippen LogP contribution in [0, 0.1) is 0 Å². The Morgan fingerprint density at radius 3 is 2.50 bits per heavy atom. The molecule has 0 bridgehead atoms. The van der Waals surface area contributed by atoms with Crippen LogP contribution in [0.3, 0.4) is 0 Å². The van der Waals surface area contributed by atoms with Crippen molar-refractivity contribution in [2.75, 3.05) is 26.3 Å². The van der Waals surface area contributed by atoms with Gasteiger partial charge in [-0.25, -0.2) is 5.01 Å². The van der Waals surface area contributed by atoms with Gasteiger partial charge >= 0.3 is 0 Å².